The van der Waals surface area contributed by atoms with E-state index in [0.29, 0.717) is 0 Å². The third kappa shape index (κ3) is 2.41. The second kappa shape index (κ2) is 4.35. The number of rotatable bonds is 0. The van der Waals surface area contributed by atoms with Gasteiger partial charge in [0, 0.05) is 0 Å². The zero-order valence-electron chi connectivity index (χ0n) is 5.61. The van der Waals surface area contributed by atoms with Crippen LogP contribution in [0, 0.1) is 19.3 Å². The summed E-state index contributed by atoms with van der Waals surface area (Å²) in [5, 5.41) is 0. The van der Waals surface area contributed by atoms with Crippen LogP contribution in [0.1, 0.15) is 11.1 Å². The van der Waals surface area contributed by atoms with Crippen LogP contribution in [0.15, 0.2) is 24.3 Å². The van der Waals surface area contributed by atoms with Gasteiger partial charge in [0.1, 0.15) is 0 Å². The Balaban J connectivity index is 0.000000810. The smallest absolute Gasteiger partial charge is 0.366 e. The van der Waals surface area contributed by atoms with E-state index in [-0.39, 0.29) is 22.4 Å². The van der Waals surface area contributed by atoms with E-state index in [1.165, 1.54) is 5.56 Å². The Morgan fingerprint density at radius 3 is 2.50 bits per heavy atom. The average Bonchev–Trinajstić information content (AvgIpc) is 1.88. The van der Waals surface area contributed by atoms with Crippen LogP contribution in [0.25, 0.3) is 0 Å². The first-order chi connectivity index (χ1) is 4.33. The first-order valence-corrected chi connectivity index (χ1v) is 2.82. The van der Waals surface area contributed by atoms with E-state index in [1.807, 2.05) is 31.2 Å². The van der Waals surface area contributed by atoms with Crippen LogP contribution in [0.5, 0.6) is 0 Å². The molecule has 0 bridgehead atoms. The fraction of sp³-hybridized carbons (Fsp3) is 0.111. The number of hydrogen-bond acceptors (Lipinski definition) is 0. The minimum absolute atomic E-state index is 0. The van der Waals surface area contributed by atoms with Gasteiger partial charge in [-0.05, 0) is 6.92 Å². The summed E-state index contributed by atoms with van der Waals surface area (Å²) in [5.74, 6) is 2.32. The van der Waals surface area contributed by atoms with Gasteiger partial charge in [0.05, 0.1) is 0 Å². The summed E-state index contributed by atoms with van der Waals surface area (Å²) in [4.78, 5) is 0. The maximum atomic E-state index is 6.79. The summed E-state index contributed by atoms with van der Waals surface area (Å²) in [7, 11) is 0. The van der Waals surface area contributed by atoms with Gasteiger partial charge in [-0.15, -0.1) is 17.7 Å². The molecule has 0 nitrogen and oxygen atoms in total. The Bertz CT molecular complexity index is 245. The molecule has 0 aliphatic rings. The van der Waals surface area contributed by atoms with Crippen LogP contribution >= 0.6 is 0 Å². The molecular formula is C9H7Ag. The maximum absolute atomic E-state index is 6.79. The summed E-state index contributed by atoms with van der Waals surface area (Å²) in [6, 6.07) is 7.71. The SMILES string of the molecule is [Ag+].[C-]#Cc1cccc(C)c1. The molecule has 0 amide bonds. The summed E-state index contributed by atoms with van der Waals surface area (Å²) < 4.78 is 0. The fourth-order valence-corrected chi connectivity index (χ4v) is 0.723. The Morgan fingerprint density at radius 2 is 2.10 bits per heavy atom. The van der Waals surface area contributed by atoms with Gasteiger partial charge in [0.25, 0.3) is 0 Å². The van der Waals surface area contributed by atoms with E-state index in [1.54, 1.807) is 0 Å². The molecule has 1 aromatic rings. The largest absolute Gasteiger partial charge is 1.00 e. The van der Waals surface area contributed by atoms with Crippen molar-refractivity contribution >= 4 is 0 Å². The molecule has 0 radical (unpaired) electrons. The fourth-order valence-electron chi connectivity index (χ4n) is 0.723. The van der Waals surface area contributed by atoms with E-state index in [0.717, 1.165) is 5.56 Å². The predicted octanol–water partition coefficient (Wildman–Crippen LogP) is 1.93. The monoisotopic (exact) mass is 222 g/mol. The van der Waals surface area contributed by atoms with E-state index < -0.39 is 0 Å². The molecule has 1 heteroatoms. The van der Waals surface area contributed by atoms with E-state index in [4.69, 9.17) is 6.42 Å². The average molecular weight is 223 g/mol. The molecule has 1 rings (SSSR count). The summed E-state index contributed by atoms with van der Waals surface area (Å²) in [5.41, 5.74) is 2.02. The first-order valence-electron chi connectivity index (χ1n) is 2.82. The molecule has 0 heterocycles. The van der Waals surface area contributed by atoms with Crippen LogP contribution in [0.3, 0.4) is 0 Å². The van der Waals surface area contributed by atoms with Gasteiger partial charge in [-0.3, -0.25) is 5.92 Å². The number of hydrogen-bond donors (Lipinski definition) is 0. The first kappa shape index (κ1) is 9.52. The van der Waals surface area contributed by atoms with Crippen LogP contribution in [0.2, 0.25) is 0 Å². The van der Waals surface area contributed by atoms with Gasteiger partial charge in [0.15, 0.2) is 0 Å². The van der Waals surface area contributed by atoms with Gasteiger partial charge in [-0.25, -0.2) is 0 Å². The van der Waals surface area contributed by atoms with Crippen molar-refractivity contribution in [3.8, 4) is 5.92 Å². The van der Waals surface area contributed by atoms with Crippen molar-refractivity contribution in [3.63, 3.8) is 0 Å². The van der Waals surface area contributed by atoms with Crippen LogP contribution in [-0.4, -0.2) is 0 Å². The molecule has 0 spiro atoms. The Kier molecular flexibility index (Phi) is 4.14. The third-order valence-corrected chi connectivity index (χ3v) is 1.16. The molecule has 1 aromatic carbocycles. The van der Waals surface area contributed by atoms with Crippen LogP contribution in [-0.2, 0) is 22.4 Å². The second-order valence-corrected chi connectivity index (χ2v) is 1.99. The summed E-state index contributed by atoms with van der Waals surface area (Å²) in [6.45, 7) is 2.00. The van der Waals surface area contributed by atoms with Crippen molar-refractivity contribution < 1.29 is 22.4 Å². The Morgan fingerprint density at radius 1 is 1.40 bits per heavy atom. The topological polar surface area (TPSA) is 0 Å². The molecule has 0 aliphatic heterocycles. The number of benzene rings is 1. The molecule has 0 N–H and O–H groups in total. The minimum Gasteiger partial charge on any atom is -0.366 e. The molecule has 0 atom stereocenters. The Labute approximate surface area is 77.2 Å². The van der Waals surface area contributed by atoms with E-state index >= 15 is 0 Å². The summed E-state index contributed by atoms with van der Waals surface area (Å²) in [6.07, 6.45) is 6.79. The second-order valence-electron chi connectivity index (χ2n) is 1.99. The zero-order chi connectivity index (χ0) is 6.69. The van der Waals surface area contributed by atoms with Gasteiger partial charge < -0.3 is 6.42 Å². The van der Waals surface area contributed by atoms with Crippen molar-refractivity contribution in [2.75, 3.05) is 0 Å². The molecule has 10 heavy (non-hydrogen) atoms. The normalized spacial score (nSPS) is 7.60. The molecule has 54 valence electrons. The molecule has 0 aromatic heterocycles. The molecule has 0 saturated heterocycles. The van der Waals surface area contributed by atoms with Crippen molar-refractivity contribution in [3.05, 3.63) is 41.8 Å². The van der Waals surface area contributed by atoms with Crippen LogP contribution < -0.4 is 0 Å². The zero-order valence-corrected chi connectivity index (χ0v) is 7.09. The molecule has 0 unspecified atom stereocenters. The summed E-state index contributed by atoms with van der Waals surface area (Å²) >= 11 is 0. The van der Waals surface area contributed by atoms with Crippen LogP contribution in [0.4, 0.5) is 0 Å². The van der Waals surface area contributed by atoms with Gasteiger partial charge in [0.2, 0.25) is 0 Å². The van der Waals surface area contributed by atoms with Crippen molar-refractivity contribution in [1.29, 1.82) is 0 Å². The predicted molar refractivity (Wildman–Crippen MR) is 37.4 cm³/mol. The van der Waals surface area contributed by atoms with E-state index in [2.05, 4.69) is 5.92 Å². The quantitative estimate of drug-likeness (QED) is 0.358. The van der Waals surface area contributed by atoms with Crippen molar-refractivity contribution in [2.45, 2.75) is 6.92 Å². The van der Waals surface area contributed by atoms with E-state index in [9.17, 15) is 0 Å². The molecule has 0 saturated carbocycles. The maximum Gasteiger partial charge on any atom is 1.00 e. The number of aryl methyl sites for hydroxylation is 1. The molecular weight excluding hydrogens is 216 g/mol. The van der Waals surface area contributed by atoms with Gasteiger partial charge in [-0.2, -0.15) is 0 Å². The van der Waals surface area contributed by atoms with Crippen molar-refractivity contribution in [1.82, 2.24) is 0 Å². The van der Waals surface area contributed by atoms with Crippen molar-refractivity contribution in [2.24, 2.45) is 0 Å². The minimum atomic E-state index is 0. The Hall–Kier alpha value is -0.480. The van der Waals surface area contributed by atoms with Gasteiger partial charge >= 0.3 is 22.4 Å². The van der Waals surface area contributed by atoms with Gasteiger partial charge in [-0.1, -0.05) is 17.7 Å². The standard InChI is InChI=1S/C9H7.Ag/c1-3-9-6-4-5-8(2)7-9;/h4-7H,2H3;/q-1;+1. The third-order valence-electron chi connectivity index (χ3n) is 1.16. The molecule has 0 aliphatic carbocycles. The molecule has 0 fully saturated rings.